The molecule has 0 aliphatic carbocycles. The number of carbonyl (C=O) groups is 2. The number of halogens is 2. The van der Waals surface area contributed by atoms with Crippen molar-refractivity contribution in [3.05, 3.63) is 40.6 Å². The van der Waals surface area contributed by atoms with Gasteiger partial charge >= 0.3 is 6.09 Å². The third kappa shape index (κ3) is 4.54. The van der Waals surface area contributed by atoms with Gasteiger partial charge in [-0.1, -0.05) is 32.4 Å². The molecular formula is C18H19ClFN3O5S. The zero-order chi connectivity index (χ0) is 22.1. The molecule has 0 aliphatic heterocycles. The highest BCUT2D eigenvalue weighted by Crippen LogP contribution is 2.39. The Morgan fingerprint density at radius 2 is 1.93 bits per heavy atom. The van der Waals surface area contributed by atoms with E-state index < -0.39 is 32.9 Å². The van der Waals surface area contributed by atoms with Crippen LogP contribution in [-0.2, 0) is 26.5 Å². The standard InChI is InChI=1S/C18H19ClFN3O5S/c1-18(2,3)13-12(29(4,27)28)6-5-11(14(13)20)23(17(25)26)16-10(7-8-24)15(19)21-9-22-16/h5-6,8-9H,7H2,1-4H3,(H,25,26). The molecule has 11 heteroatoms. The third-order valence-electron chi connectivity index (χ3n) is 4.03. The van der Waals surface area contributed by atoms with Crippen molar-refractivity contribution >= 4 is 45.3 Å². The molecule has 1 N–H and O–H groups in total. The van der Waals surface area contributed by atoms with E-state index in [4.69, 9.17) is 11.6 Å². The molecule has 2 rings (SSSR count). The zero-order valence-electron chi connectivity index (χ0n) is 16.1. The number of rotatable bonds is 5. The van der Waals surface area contributed by atoms with Gasteiger partial charge in [0.05, 0.1) is 10.6 Å². The van der Waals surface area contributed by atoms with Gasteiger partial charge in [0.15, 0.2) is 21.5 Å². The molecule has 1 aromatic heterocycles. The maximum atomic E-state index is 15.6. The number of aldehydes is 1. The lowest BCUT2D eigenvalue weighted by Crippen LogP contribution is -2.29. The minimum absolute atomic E-state index is 0.00420. The van der Waals surface area contributed by atoms with Crippen molar-refractivity contribution in [2.75, 3.05) is 11.2 Å². The summed E-state index contributed by atoms with van der Waals surface area (Å²) in [5.41, 5.74) is -1.58. The summed E-state index contributed by atoms with van der Waals surface area (Å²) >= 11 is 5.97. The highest BCUT2D eigenvalue weighted by Gasteiger charge is 2.33. The summed E-state index contributed by atoms with van der Waals surface area (Å²) in [4.78, 5) is 30.9. The molecular weight excluding hydrogens is 425 g/mol. The summed E-state index contributed by atoms with van der Waals surface area (Å²) in [6.07, 6.45) is 0.511. The lowest BCUT2D eigenvalue weighted by molar-refractivity contribution is -0.107. The highest BCUT2D eigenvalue weighted by atomic mass is 35.5. The van der Waals surface area contributed by atoms with Crippen molar-refractivity contribution in [2.24, 2.45) is 0 Å². The van der Waals surface area contributed by atoms with E-state index in [0.717, 1.165) is 24.7 Å². The van der Waals surface area contributed by atoms with Crippen LogP contribution in [-0.4, -0.2) is 42.1 Å². The molecule has 1 heterocycles. The molecule has 0 saturated carbocycles. The van der Waals surface area contributed by atoms with Crippen LogP contribution in [0.5, 0.6) is 0 Å². The second-order valence-corrected chi connectivity index (χ2v) is 9.59. The third-order valence-corrected chi connectivity index (χ3v) is 5.50. The van der Waals surface area contributed by atoms with E-state index in [-0.39, 0.29) is 33.4 Å². The first-order chi connectivity index (χ1) is 13.3. The Balaban J connectivity index is 2.89. The smallest absolute Gasteiger partial charge is 0.417 e. The van der Waals surface area contributed by atoms with Gasteiger partial charge in [-0.3, -0.25) is 0 Å². The van der Waals surface area contributed by atoms with Crippen molar-refractivity contribution in [2.45, 2.75) is 37.5 Å². The minimum atomic E-state index is -3.79. The Morgan fingerprint density at radius 3 is 2.41 bits per heavy atom. The van der Waals surface area contributed by atoms with Gasteiger partial charge in [-0.25, -0.2) is 32.5 Å². The number of carbonyl (C=O) groups excluding carboxylic acids is 1. The Labute approximate surface area is 172 Å². The molecule has 0 aliphatic rings. The van der Waals surface area contributed by atoms with Gasteiger partial charge in [0.1, 0.15) is 17.8 Å². The van der Waals surface area contributed by atoms with Crippen molar-refractivity contribution in [3.8, 4) is 0 Å². The van der Waals surface area contributed by atoms with Gasteiger partial charge in [0.25, 0.3) is 0 Å². The minimum Gasteiger partial charge on any atom is -0.464 e. The lowest BCUT2D eigenvalue weighted by atomic mass is 9.86. The van der Waals surface area contributed by atoms with Gasteiger partial charge in [-0.2, -0.15) is 0 Å². The molecule has 0 radical (unpaired) electrons. The second kappa shape index (κ2) is 8.03. The number of amides is 1. The maximum absolute atomic E-state index is 15.6. The van der Waals surface area contributed by atoms with Crippen LogP contribution in [0.3, 0.4) is 0 Å². The number of anilines is 2. The average Bonchev–Trinajstić information content (AvgIpc) is 2.56. The summed E-state index contributed by atoms with van der Waals surface area (Å²) in [5, 5.41) is 9.61. The average molecular weight is 444 g/mol. The summed E-state index contributed by atoms with van der Waals surface area (Å²) in [5.74, 6) is -1.33. The molecule has 8 nitrogen and oxygen atoms in total. The number of hydrogen-bond acceptors (Lipinski definition) is 6. The normalized spacial score (nSPS) is 11.9. The molecule has 0 unspecified atom stereocenters. The quantitative estimate of drug-likeness (QED) is 0.554. The predicted octanol–water partition coefficient (Wildman–Crippen LogP) is 3.53. The lowest BCUT2D eigenvalue weighted by Gasteiger charge is -2.27. The molecule has 0 bridgehead atoms. The number of aromatic nitrogens is 2. The van der Waals surface area contributed by atoms with Gasteiger partial charge in [-0.15, -0.1) is 0 Å². The van der Waals surface area contributed by atoms with Gasteiger partial charge < -0.3 is 9.90 Å². The van der Waals surface area contributed by atoms with E-state index in [9.17, 15) is 23.1 Å². The van der Waals surface area contributed by atoms with Crippen LogP contribution in [0.4, 0.5) is 20.7 Å². The molecule has 1 aromatic carbocycles. The highest BCUT2D eigenvalue weighted by molar-refractivity contribution is 7.90. The van der Waals surface area contributed by atoms with Crippen molar-refractivity contribution in [1.29, 1.82) is 0 Å². The topological polar surface area (TPSA) is 118 Å². The van der Waals surface area contributed by atoms with Crippen molar-refractivity contribution < 1.29 is 27.5 Å². The van der Waals surface area contributed by atoms with Crippen LogP contribution in [0.2, 0.25) is 5.15 Å². The Bertz CT molecular complexity index is 1080. The number of carboxylic acid groups (broad SMARTS) is 1. The van der Waals surface area contributed by atoms with Gasteiger partial charge in [-0.05, 0) is 17.5 Å². The van der Waals surface area contributed by atoms with E-state index in [1.807, 2.05) is 0 Å². The molecule has 2 aromatic rings. The first kappa shape index (κ1) is 22.7. The van der Waals surface area contributed by atoms with E-state index in [1.165, 1.54) is 0 Å². The molecule has 1 amide bonds. The monoisotopic (exact) mass is 443 g/mol. The maximum Gasteiger partial charge on any atom is 0.417 e. The van der Waals surface area contributed by atoms with Crippen molar-refractivity contribution in [1.82, 2.24) is 9.97 Å². The molecule has 156 valence electrons. The second-order valence-electron chi connectivity index (χ2n) is 7.25. The van der Waals surface area contributed by atoms with E-state index >= 15 is 4.39 Å². The van der Waals surface area contributed by atoms with Crippen molar-refractivity contribution in [3.63, 3.8) is 0 Å². The first-order valence-corrected chi connectivity index (χ1v) is 10.6. The van der Waals surface area contributed by atoms with E-state index in [0.29, 0.717) is 11.2 Å². The number of sulfone groups is 1. The Kier molecular flexibility index (Phi) is 6.29. The fraction of sp³-hybridized carbons (Fsp3) is 0.333. The molecule has 29 heavy (non-hydrogen) atoms. The number of benzene rings is 1. The SMILES string of the molecule is CC(C)(C)c1c(S(C)(=O)=O)ccc(N(C(=O)O)c2ncnc(Cl)c2CC=O)c1F. The molecule has 0 spiro atoms. The van der Waals surface area contributed by atoms with Crippen LogP contribution < -0.4 is 4.90 Å². The predicted molar refractivity (Wildman–Crippen MR) is 105 cm³/mol. The molecule has 0 atom stereocenters. The molecule has 0 fully saturated rings. The number of nitrogens with zero attached hydrogens (tertiary/aromatic N) is 3. The van der Waals surface area contributed by atoms with Gasteiger partial charge in [0, 0.05) is 23.8 Å². The fourth-order valence-corrected chi connectivity index (χ4v) is 4.16. The fourth-order valence-electron chi connectivity index (χ4n) is 2.87. The van der Waals surface area contributed by atoms with Crippen LogP contribution in [0, 0.1) is 5.82 Å². The zero-order valence-corrected chi connectivity index (χ0v) is 17.7. The summed E-state index contributed by atoms with van der Waals surface area (Å²) in [7, 11) is -3.79. The summed E-state index contributed by atoms with van der Waals surface area (Å²) < 4.78 is 39.9. The van der Waals surface area contributed by atoms with Crippen LogP contribution >= 0.6 is 11.6 Å². The summed E-state index contributed by atoms with van der Waals surface area (Å²) in [6.45, 7) is 4.82. The van der Waals surface area contributed by atoms with Gasteiger partial charge in [0.2, 0.25) is 0 Å². The number of hydrogen-bond donors (Lipinski definition) is 1. The van der Waals surface area contributed by atoms with Crippen LogP contribution in [0.1, 0.15) is 31.9 Å². The molecule has 0 saturated heterocycles. The Hall–Kier alpha value is -2.59. The van der Waals surface area contributed by atoms with E-state index in [2.05, 4.69) is 9.97 Å². The largest absolute Gasteiger partial charge is 0.464 e. The van der Waals surface area contributed by atoms with E-state index in [1.54, 1.807) is 20.8 Å². The summed E-state index contributed by atoms with van der Waals surface area (Å²) in [6, 6.07) is 2.18. The first-order valence-electron chi connectivity index (χ1n) is 8.29. The van der Waals surface area contributed by atoms with Crippen LogP contribution in [0.25, 0.3) is 0 Å². The Morgan fingerprint density at radius 1 is 1.31 bits per heavy atom. The van der Waals surface area contributed by atoms with Crippen LogP contribution in [0.15, 0.2) is 23.4 Å².